The molecular weight excluding hydrogens is 382 g/mol. The Hall–Kier alpha value is -3.20. The second-order valence-electron chi connectivity index (χ2n) is 5.46. The SMILES string of the molecule is CCOC(=O)/C(=C\Nc1ccc(F)cc1CO)C(=O)c1cc(F)c(F)cc1F. The highest BCUT2D eigenvalue weighted by atomic mass is 19.2. The molecule has 28 heavy (non-hydrogen) atoms. The van der Waals surface area contributed by atoms with Crippen LogP contribution in [0.4, 0.5) is 23.2 Å². The Balaban J connectivity index is 2.45. The number of hydrogen-bond acceptors (Lipinski definition) is 5. The average Bonchev–Trinajstić information content (AvgIpc) is 2.65. The van der Waals surface area contributed by atoms with E-state index in [0.717, 1.165) is 18.3 Å². The third kappa shape index (κ3) is 4.74. The average molecular weight is 397 g/mol. The zero-order valence-corrected chi connectivity index (χ0v) is 14.6. The van der Waals surface area contributed by atoms with Crippen LogP contribution in [-0.4, -0.2) is 23.5 Å². The van der Waals surface area contributed by atoms with E-state index in [9.17, 15) is 32.3 Å². The van der Waals surface area contributed by atoms with Gasteiger partial charge in [0.1, 0.15) is 17.2 Å². The monoisotopic (exact) mass is 397 g/mol. The Morgan fingerprint density at radius 1 is 1.07 bits per heavy atom. The lowest BCUT2D eigenvalue weighted by Gasteiger charge is -2.11. The van der Waals surface area contributed by atoms with Crippen molar-refractivity contribution in [3.05, 3.63) is 76.5 Å². The van der Waals surface area contributed by atoms with E-state index in [2.05, 4.69) is 5.32 Å². The molecule has 0 aromatic heterocycles. The minimum absolute atomic E-state index is 0.109. The maximum absolute atomic E-state index is 13.9. The van der Waals surface area contributed by atoms with Gasteiger partial charge in [0.25, 0.3) is 0 Å². The fourth-order valence-corrected chi connectivity index (χ4v) is 2.25. The fourth-order valence-electron chi connectivity index (χ4n) is 2.25. The molecule has 0 amide bonds. The number of rotatable bonds is 7. The topological polar surface area (TPSA) is 75.6 Å². The molecule has 2 aromatic carbocycles. The molecule has 0 saturated heterocycles. The van der Waals surface area contributed by atoms with Crippen molar-refractivity contribution in [3.8, 4) is 0 Å². The van der Waals surface area contributed by atoms with Gasteiger partial charge in [-0.2, -0.15) is 0 Å². The van der Waals surface area contributed by atoms with E-state index in [0.29, 0.717) is 6.07 Å². The summed E-state index contributed by atoms with van der Waals surface area (Å²) >= 11 is 0. The first-order valence-corrected chi connectivity index (χ1v) is 8.00. The molecule has 0 aliphatic rings. The zero-order chi connectivity index (χ0) is 20.8. The maximum Gasteiger partial charge on any atom is 0.343 e. The Labute approximate surface area is 157 Å². The van der Waals surface area contributed by atoms with Crippen LogP contribution in [0.1, 0.15) is 22.8 Å². The fraction of sp³-hybridized carbons (Fsp3) is 0.158. The van der Waals surface area contributed by atoms with Gasteiger partial charge < -0.3 is 15.2 Å². The number of benzene rings is 2. The van der Waals surface area contributed by atoms with Gasteiger partial charge in [-0.05, 0) is 31.2 Å². The van der Waals surface area contributed by atoms with Crippen LogP contribution in [0.25, 0.3) is 0 Å². The van der Waals surface area contributed by atoms with E-state index < -0.39 is 52.8 Å². The van der Waals surface area contributed by atoms with Crippen LogP contribution in [-0.2, 0) is 16.1 Å². The molecule has 0 aliphatic carbocycles. The molecule has 0 radical (unpaired) electrons. The molecular formula is C19H15F4NO4. The molecule has 0 saturated carbocycles. The zero-order valence-electron chi connectivity index (χ0n) is 14.6. The molecule has 0 heterocycles. The number of hydrogen-bond donors (Lipinski definition) is 2. The third-order valence-electron chi connectivity index (χ3n) is 3.60. The van der Waals surface area contributed by atoms with Crippen LogP contribution in [0.5, 0.6) is 0 Å². The Bertz CT molecular complexity index is 944. The summed E-state index contributed by atoms with van der Waals surface area (Å²) in [5.74, 6) is -7.34. The van der Waals surface area contributed by atoms with Crippen molar-refractivity contribution >= 4 is 17.4 Å². The van der Waals surface area contributed by atoms with Crippen LogP contribution in [0.3, 0.4) is 0 Å². The number of esters is 1. The summed E-state index contributed by atoms with van der Waals surface area (Å²) in [7, 11) is 0. The van der Waals surface area contributed by atoms with Gasteiger partial charge in [-0.3, -0.25) is 4.79 Å². The molecule has 2 rings (SSSR count). The first kappa shape index (κ1) is 21.1. The van der Waals surface area contributed by atoms with Crippen LogP contribution in [0.15, 0.2) is 42.1 Å². The van der Waals surface area contributed by atoms with Crippen molar-refractivity contribution in [3.63, 3.8) is 0 Å². The smallest absolute Gasteiger partial charge is 0.343 e. The van der Waals surface area contributed by atoms with Gasteiger partial charge in [0, 0.05) is 23.5 Å². The number of Topliss-reactive ketones (excluding diaryl/α,β-unsaturated/α-hetero) is 1. The van der Waals surface area contributed by atoms with Crippen molar-refractivity contribution in [1.82, 2.24) is 0 Å². The molecule has 148 valence electrons. The van der Waals surface area contributed by atoms with Crippen LogP contribution < -0.4 is 5.32 Å². The number of carbonyl (C=O) groups excluding carboxylic acids is 2. The molecule has 0 aliphatic heterocycles. The first-order chi connectivity index (χ1) is 13.3. The minimum atomic E-state index is -1.49. The second kappa shape index (κ2) is 9.14. The van der Waals surface area contributed by atoms with E-state index in [1.807, 2.05) is 0 Å². The quantitative estimate of drug-likeness (QED) is 0.142. The summed E-state index contributed by atoms with van der Waals surface area (Å²) in [6, 6.07) is 3.84. The molecule has 2 N–H and O–H groups in total. The highest BCUT2D eigenvalue weighted by Gasteiger charge is 2.25. The van der Waals surface area contributed by atoms with Gasteiger partial charge in [0.15, 0.2) is 11.6 Å². The lowest BCUT2D eigenvalue weighted by molar-refractivity contribution is -0.138. The minimum Gasteiger partial charge on any atom is -0.462 e. The van der Waals surface area contributed by atoms with Gasteiger partial charge in [-0.25, -0.2) is 22.4 Å². The van der Waals surface area contributed by atoms with Gasteiger partial charge in [-0.15, -0.1) is 0 Å². The molecule has 0 unspecified atom stereocenters. The van der Waals surface area contributed by atoms with Crippen LogP contribution >= 0.6 is 0 Å². The van der Waals surface area contributed by atoms with Gasteiger partial charge in [0.2, 0.25) is 5.78 Å². The van der Waals surface area contributed by atoms with Crippen LogP contribution in [0.2, 0.25) is 0 Å². The lowest BCUT2D eigenvalue weighted by atomic mass is 10.0. The van der Waals surface area contributed by atoms with Gasteiger partial charge >= 0.3 is 5.97 Å². The summed E-state index contributed by atoms with van der Waals surface area (Å²) in [6.45, 7) is 0.811. The van der Waals surface area contributed by atoms with Crippen molar-refractivity contribution in [2.75, 3.05) is 11.9 Å². The number of nitrogens with one attached hydrogen (secondary N) is 1. The Morgan fingerprint density at radius 2 is 1.75 bits per heavy atom. The Kier molecular flexibility index (Phi) is 6.89. The molecule has 0 fully saturated rings. The predicted octanol–water partition coefficient (Wildman–Crippen LogP) is 3.48. The summed E-state index contributed by atoms with van der Waals surface area (Å²) < 4.78 is 58.4. The predicted molar refractivity (Wildman–Crippen MR) is 91.3 cm³/mol. The largest absolute Gasteiger partial charge is 0.462 e. The number of anilines is 1. The number of carbonyl (C=O) groups is 2. The molecule has 0 atom stereocenters. The molecule has 0 bridgehead atoms. The lowest BCUT2D eigenvalue weighted by Crippen LogP contribution is -2.19. The van der Waals surface area contributed by atoms with Crippen molar-refractivity contribution in [2.45, 2.75) is 13.5 Å². The van der Waals surface area contributed by atoms with E-state index >= 15 is 0 Å². The van der Waals surface area contributed by atoms with Gasteiger partial charge in [0.05, 0.1) is 18.8 Å². The summed E-state index contributed by atoms with van der Waals surface area (Å²) in [5.41, 5.74) is -1.31. The Morgan fingerprint density at radius 3 is 2.39 bits per heavy atom. The first-order valence-electron chi connectivity index (χ1n) is 8.00. The van der Waals surface area contributed by atoms with E-state index in [1.165, 1.54) is 13.0 Å². The number of halogens is 4. The summed E-state index contributed by atoms with van der Waals surface area (Å²) in [4.78, 5) is 24.6. The van der Waals surface area contributed by atoms with Gasteiger partial charge in [-0.1, -0.05) is 0 Å². The normalized spacial score (nSPS) is 11.3. The van der Waals surface area contributed by atoms with Crippen molar-refractivity contribution < 1.29 is 37.0 Å². The molecule has 5 nitrogen and oxygen atoms in total. The van der Waals surface area contributed by atoms with Crippen molar-refractivity contribution in [1.29, 1.82) is 0 Å². The number of aliphatic hydroxyl groups is 1. The highest BCUT2D eigenvalue weighted by molar-refractivity contribution is 6.24. The molecule has 0 spiro atoms. The molecule has 9 heteroatoms. The van der Waals surface area contributed by atoms with Crippen molar-refractivity contribution in [2.24, 2.45) is 0 Å². The summed E-state index contributed by atoms with van der Waals surface area (Å²) in [6.07, 6.45) is 0.855. The number of ether oxygens (including phenoxy) is 1. The maximum atomic E-state index is 13.9. The third-order valence-corrected chi connectivity index (χ3v) is 3.60. The van der Waals surface area contributed by atoms with E-state index in [4.69, 9.17) is 4.74 Å². The summed E-state index contributed by atoms with van der Waals surface area (Å²) in [5, 5.41) is 11.8. The van der Waals surface area contributed by atoms with E-state index in [1.54, 1.807) is 0 Å². The highest BCUT2D eigenvalue weighted by Crippen LogP contribution is 2.20. The standard InChI is InChI=1S/C19H15F4NO4/c1-2-28-19(27)13(8-24-17-4-3-11(20)5-10(17)9-25)18(26)12-6-15(22)16(23)7-14(12)21/h3-8,24-25H,2,9H2,1H3/b13-8-. The second-order valence-corrected chi connectivity index (χ2v) is 5.46. The molecule has 2 aromatic rings. The number of aliphatic hydroxyl groups excluding tert-OH is 1. The van der Waals surface area contributed by atoms with Crippen LogP contribution in [0, 0.1) is 23.3 Å². The number of ketones is 1. The van der Waals surface area contributed by atoms with E-state index in [-0.39, 0.29) is 23.9 Å².